The van der Waals surface area contributed by atoms with Crippen LogP contribution in [0.5, 0.6) is 0 Å². The summed E-state index contributed by atoms with van der Waals surface area (Å²) >= 11 is 3.89. The smallest absolute Gasteiger partial charge is 0.266 e. The molecule has 0 saturated carbocycles. The number of hydrogen-bond acceptors (Lipinski definition) is 7. The van der Waals surface area contributed by atoms with Crippen LogP contribution in [0.2, 0.25) is 0 Å². The zero-order valence-corrected chi connectivity index (χ0v) is 19.9. The second kappa shape index (κ2) is 8.14. The van der Waals surface area contributed by atoms with Gasteiger partial charge in [0.25, 0.3) is 5.01 Å². The monoisotopic (exact) mass is 488 g/mol. The zero-order chi connectivity index (χ0) is 22.6. The molecule has 2 atom stereocenters. The first-order valence-corrected chi connectivity index (χ1v) is 13.1. The first-order valence-electron chi connectivity index (χ1n) is 10.3. The Bertz CT molecular complexity index is 1260. The molecule has 0 fully saturated rings. The van der Waals surface area contributed by atoms with Crippen LogP contribution in [0.25, 0.3) is 15.8 Å². The highest BCUT2D eigenvalue weighted by Crippen LogP contribution is 2.53. The third kappa shape index (κ3) is 3.97. The second-order valence-electron chi connectivity index (χ2n) is 8.17. The second-order valence-corrected chi connectivity index (χ2v) is 11.0. The average Bonchev–Trinajstić information content (AvgIpc) is 3.43. The molecule has 0 amide bonds. The molecule has 6 nitrogen and oxygen atoms in total. The van der Waals surface area contributed by atoms with Crippen LogP contribution in [0.1, 0.15) is 37.7 Å². The van der Waals surface area contributed by atoms with Gasteiger partial charge in [0, 0.05) is 29.0 Å². The molecule has 0 radical (unpaired) electrons. The third-order valence-corrected chi connectivity index (χ3v) is 8.35. The predicted octanol–water partition coefficient (Wildman–Crippen LogP) is 1.40. The topological polar surface area (TPSA) is 99.4 Å². The Hall–Kier alpha value is -1.91. The van der Waals surface area contributed by atoms with Gasteiger partial charge >= 0.3 is 0 Å². The van der Waals surface area contributed by atoms with Crippen molar-refractivity contribution in [2.75, 3.05) is 4.90 Å². The molecular weight excluding hydrogens is 468 g/mol. The number of aromatic nitrogens is 1. The minimum atomic E-state index is -4.94. The van der Waals surface area contributed by atoms with E-state index in [9.17, 15) is 0 Å². The van der Waals surface area contributed by atoms with Gasteiger partial charge in [-0.25, -0.2) is 18.6 Å². The molecule has 0 bridgehead atoms. The Morgan fingerprint density at radius 1 is 1.00 bits per heavy atom. The van der Waals surface area contributed by atoms with E-state index in [-0.39, 0.29) is 0 Å². The van der Waals surface area contributed by atoms with E-state index in [4.69, 9.17) is 18.6 Å². The van der Waals surface area contributed by atoms with Crippen LogP contribution in [0.4, 0.5) is 5.69 Å². The summed E-state index contributed by atoms with van der Waals surface area (Å²) in [5.41, 5.74) is 5.79. The first kappa shape index (κ1) is 21.9. The highest BCUT2D eigenvalue weighted by molar-refractivity contribution is 8.03. The Morgan fingerprint density at radius 2 is 1.69 bits per heavy atom. The number of thioether (sulfide) groups is 1. The van der Waals surface area contributed by atoms with Gasteiger partial charge in [-0.15, -0.1) is 10.2 Å². The van der Waals surface area contributed by atoms with Gasteiger partial charge in [0.05, 0.1) is 10.7 Å². The average molecular weight is 489 g/mol. The minimum absolute atomic E-state index is 0.538. The summed E-state index contributed by atoms with van der Waals surface area (Å²) in [6.07, 6.45) is 4.79. The molecule has 4 heterocycles. The maximum atomic E-state index is 8.49. The van der Waals surface area contributed by atoms with E-state index < -0.39 is 10.2 Å². The lowest BCUT2D eigenvalue weighted by atomic mass is 10.1. The molecular formula is C23H21ClN2O4S2. The van der Waals surface area contributed by atoms with Crippen molar-refractivity contribution in [2.24, 2.45) is 0 Å². The lowest BCUT2D eigenvalue weighted by molar-refractivity contribution is -2.00. The maximum absolute atomic E-state index is 8.49. The quantitative estimate of drug-likeness (QED) is 0.480. The van der Waals surface area contributed by atoms with Gasteiger partial charge in [-0.05, 0) is 50.1 Å². The van der Waals surface area contributed by atoms with Crippen molar-refractivity contribution >= 4 is 44.6 Å². The van der Waals surface area contributed by atoms with Crippen LogP contribution in [0.3, 0.4) is 0 Å². The molecule has 1 aromatic heterocycles. The predicted molar refractivity (Wildman–Crippen MR) is 115 cm³/mol. The molecule has 9 heteroatoms. The normalized spacial score (nSPS) is 22.8. The van der Waals surface area contributed by atoms with E-state index in [1.54, 1.807) is 0 Å². The molecule has 0 saturated heterocycles. The molecule has 0 N–H and O–H groups in total. The molecule has 6 rings (SSSR count). The Morgan fingerprint density at radius 3 is 2.47 bits per heavy atom. The van der Waals surface area contributed by atoms with E-state index >= 15 is 0 Å². The summed E-state index contributed by atoms with van der Waals surface area (Å²) in [5, 5.41) is 2.90. The lowest BCUT2D eigenvalue weighted by Gasteiger charge is -2.20. The summed E-state index contributed by atoms with van der Waals surface area (Å²) in [7, 11) is -4.94. The number of thiazole rings is 1. The molecule has 3 aliphatic heterocycles. The van der Waals surface area contributed by atoms with Crippen molar-refractivity contribution in [3.05, 3.63) is 70.2 Å². The number of benzene rings is 2. The molecule has 3 aliphatic rings. The Kier molecular flexibility index (Phi) is 5.58. The summed E-state index contributed by atoms with van der Waals surface area (Å²) in [6.45, 7) is 4.70. The van der Waals surface area contributed by atoms with Crippen LogP contribution in [-0.4, -0.2) is 6.04 Å². The molecule has 2 unspecified atom stereocenters. The van der Waals surface area contributed by atoms with Gasteiger partial charge in [-0.2, -0.15) is 4.57 Å². The van der Waals surface area contributed by atoms with Crippen molar-refractivity contribution in [1.29, 1.82) is 0 Å². The summed E-state index contributed by atoms with van der Waals surface area (Å²) in [6, 6.07) is 18.7. The van der Waals surface area contributed by atoms with Crippen LogP contribution >= 0.6 is 23.1 Å². The number of fused-ring (bicyclic) bond motifs is 6. The van der Waals surface area contributed by atoms with Crippen molar-refractivity contribution in [3.8, 4) is 0 Å². The standard InChI is InChI=1S/C23H21N2S2.ClHO4/c1-14-11-16(22-24(14)18-7-3-5-9-20(18)26-22)13-17-12-15(2)25-19-8-4-6-10-21(19)27-23(17)25;2-1(3,4)5/h3-10,13-15H,11-12H2,1-2H3;(H,2,3,4,5)/q+1;/p-1. The van der Waals surface area contributed by atoms with Crippen LogP contribution in [0.15, 0.2) is 70.1 Å². The fourth-order valence-corrected chi connectivity index (χ4v) is 7.32. The van der Waals surface area contributed by atoms with Gasteiger partial charge in [0.15, 0.2) is 6.04 Å². The van der Waals surface area contributed by atoms with Gasteiger partial charge in [-0.3, -0.25) is 0 Å². The van der Waals surface area contributed by atoms with Crippen molar-refractivity contribution in [1.82, 2.24) is 0 Å². The number of hydrogen-bond donors (Lipinski definition) is 0. The Labute approximate surface area is 196 Å². The van der Waals surface area contributed by atoms with Gasteiger partial charge in [-0.1, -0.05) is 47.4 Å². The Balaban J connectivity index is 0.000000393. The first-order chi connectivity index (χ1) is 15.2. The third-order valence-electron chi connectivity index (χ3n) is 5.91. The lowest BCUT2D eigenvalue weighted by Crippen LogP contribution is -2.68. The van der Waals surface area contributed by atoms with Crippen molar-refractivity contribution in [3.63, 3.8) is 0 Å². The van der Waals surface area contributed by atoms with E-state index in [0.717, 1.165) is 12.8 Å². The number of nitrogens with zero attached hydrogens (tertiary/aromatic N) is 2. The highest BCUT2D eigenvalue weighted by Gasteiger charge is 2.39. The molecule has 166 valence electrons. The summed E-state index contributed by atoms with van der Waals surface area (Å²) < 4.78 is 37.9. The van der Waals surface area contributed by atoms with Gasteiger partial charge in [0.2, 0.25) is 5.52 Å². The van der Waals surface area contributed by atoms with Crippen molar-refractivity contribution < 1.29 is 33.4 Å². The van der Waals surface area contributed by atoms with E-state index in [1.165, 1.54) is 42.0 Å². The van der Waals surface area contributed by atoms with E-state index in [0.29, 0.717) is 12.1 Å². The SMILES string of the molecule is CC1CC(C=C2CC(C)[n+]3c2sc2ccccc23)=C2Sc3ccccc3N21.[O-][Cl+3]([O-])([O-])[O-]. The highest BCUT2D eigenvalue weighted by atomic mass is 35.7. The molecule has 2 aromatic carbocycles. The minimum Gasteiger partial charge on any atom is -0.332 e. The van der Waals surface area contributed by atoms with Crippen molar-refractivity contribution in [2.45, 2.75) is 43.7 Å². The number of para-hydroxylation sites is 2. The number of rotatable bonds is 1. The number of halogens is 1. The fraction of sp³-hybridized carbons (Fsp3) is 0.261. The number of anilines is 1. The van der Waals surface area contributed by atoms with Gasteiger partial charge < -0.3 is 4.90 Å². The molecule has 0 aliphatic carbocycles. The van der Waals surface area contributed by atoms with Crippen LogP contribution in [-0.2, 0) is 0 Å². The summed E-state index contributed by atoms with van der Waals surface area (Å²) in [5.74, 6) is 0. The largest absolute Gasteiger partial charge is 0.332 e. The molecule has 3 aromatic rings. The summed E-state index contributed by atoms with van der Waals surface area (Å²) in [4.78, 5) is 3.94. The van der Waals surface area contributed by atoms with Gasteiger partial charge in [0.1, 0.15) is 4.70 Å². The zero-order valence-electron chi connectivity index (χ0n) is 17.5. The van der Waals surface area contributed by atoms with E-state index in [1.807, 2.05) is 23.1 Å². The van der Waals surface area contributed by atoms with Crippen LogP contribution in [0, 0.1) is 10.2 Å². The van der Waals surface area contributed by atoms with E-state index in [2.05, 4.69) is 77.9 Å². The molecule has 0 spiro atoms. The maximum Gasteiger partial charge on any atom is 0.266 e. The fourth-order valence-electron chi connectivity index (χ4n) is 4.77. The molecule has 32 heavy (non-hydrogen) atoms. The number of allylic oxidation sites excluding steroid dienone is 2. The van der Waals surface area contributed by atoms with Crippen LogP contribution < -0.4 is 28.1 Å².